The van der Waals surface area contributed by atoms with Gasteiger partial charge in [0.1, 0.15) is 6.04 Å². The molecule has 0 saturated carbocycles. The summed E-state index contributed by atoms with van der Waals surface area (Å²) in [6.45, 7) is 3.87. The predicted octanol–water partition coefficient (Wildman–Crippen LogP) is 0.739. The molecule has 21 heavy (non-hydrogen) atoms. The Morgan fingerprint density at radius 3 is 2.76 bits per heavy atom. The molecule has 8 nitrogen and oxygen atoms in total. The number of rotatable bonds is 7. The molecule has 0 saturated heterocycles. The zero-order valence-electron chi connectivity index (χ0n) is 12.0. The van der Waals surface area contributed by atoms with Gasteiger partial charge in [-0.05, 0) is 13.8 Å². The van der Waals surface area contributed by atoms with Crippen molar-refractivity contribution in [2.24, 2.45) is 0 Å². The molecule has 114 valence electrons. The van der Waals surface area contributed by atoms with E-state index in [-0.39, 0.29) is 25.4 Å². The minimum absolute atomic E-state index is 0.116. The maximum Gasteiger partial charge on any atom is 0.326 e. The molecule has 0 spiro atoms. The van der Waals surface area contributed by atoms with E-state index in [9.17, 15) is 14.7 Å². The number of aromatic nitrogens is 2. The summed E-state index contributed by atoms with van der Waals surface area (Å²) < 4.78 is 0. The minimum atomic E-state index is -1.12. The molecular formula is C13H19N5O3. The smallest absolute Gasteiger partial charge is 0.326 e. The fourth-order valence-electron chi connectivity index (χ4n) is 1.81. The first-order valence-electron chi connectivity index (χ1n) is 6.59. The molecule has 1 rings (SSSR count). The van der Waals surface area contributed by atoms with Crippen molar-refractivity contribution in [1.29, 1.82) is 5.26 Å². The topological polar surface area (TPSA) is 122 Å². The lowest BCUT2D eigenvalue weighted by molar-refractivity contribution is -0.139. The zero-order valence-corrected chi connectivity index (χ0v) is 12.0. The molecule has 0 radical (unpaired) electrons. The van der Waals surface area contributed by atoms with Crippen molar-refractivity contribution in [2.45, 2.75) is 38.8 Å². The molecule has 3 N–H and O–H groups in total. The third kappa shape index (κ3) is 5.14. The summed E-state index contributed by atoms with van der Waals surface area (Å²) in [6, 6.07) is 0.296. The Balaban J connectivity index is 2.70. The van der Waals surface area contributed by atoms with Crippen molar-refractivity contribution in [2.75, 3.05) is 6.54 Å². The Kier molecular flexibility index (Phi) is 6.20. The highest BCUT2D eigenvalue weighted by Gasteiger charge is 2.25. The van der Waals surface area contributed by atoms with Crippen LogP contribution in [0.3, 0.4) is 0 Å². The molecule has 0 aliphatic rings. The number of nitrogens with zero attached hydrogens (tertiary/aromatic N) is 3. The van der Waals surface area contributed by atoms with E-state index in [0.717, 1.165) is 0 Å². The average Bonchev–Trinajstić information content (AvgIpc) is 2.90. The zero-order chi connectivity index (χ0) is 15.8. The van der Waals surface area contributed by atoms with Gasteiger partial charge in [-0.15, -0.1) is 0 Å². The van der Waals surface area contributed by atoms with Crippen LogP contribution in [0.4, 0.5) is 4.79 Å². The van der Waals surface area contributed by atoms with Gasteiger partial charge in [-0.3, -0.25) is 0 Å². The summed E-state index contributed by atoms with van der Waals surface area (Å²) in [5, 5.41) is 20.3. The quantitative estimate of drug-likeness (QED) is 0.684. The second-order valence-corrected chi connectivity index (χ2v) is 4.82. The Bertz CT molecular complexity index is 506. The Labute approximate surface area is 122 Å². The van der Waals surface area contributed by atoms with Crippen molar-refractivity contribution in [3.05, 3.63) is 18.2 Å². The van der Waals surface area contributed by atoms with E-state index in [0.29, 0.717) is 5.69 Å². The number of aliphatic carboxylic acids is 1. The number of carboxylic acids is 1. The lowest BCUT2D eigenvalue weighted by atomic mass is 10.1. The molecule has 1 aromatic heterocycles. The second-order valence-electron chi connectivity index (χ2n) is 4.82. The molecule has 0 aliphatic carbocycles. The van der Waals surface area contributed by atoms with Crippen LogP contribution in [0.15, 0.2) is 12.5 Å². The first-order valence-corrected chi connectivity index (χ1v) is 6.59. The highest BCUT2D eigenvalue weighted by atomic mass is 16.4. The first kappa shape index (κ1) is 16.5. The molecule has 8 heteroatoms. The number of carbonyl (C=O) groups is 2. The summed E-state index contributed by atoms with van der Waals surface area (Å²) in [7, 11) is 0. The molecule has 0 bridgehead atoms. The van der Waals surface area contributed by atoms with Crippen molar-refractivity contribution in [1.82, 2.24) is 20.2 Å². The van der Waals surface area contributed by atoms with E-state index in [1.54, 1.807) is 0 Å². The van der Waals surface area contributed by atoms with Crippen LogP contribution in [0, 0.1) is 11.3 Å². The maximum absolute atomic E-state index is 12.2. The Morgan fingerprint density at radius 1 is 1.57 bits per heavy atom. The summed E-state index contributed by atoms with van der Waals surface area (Å²) in [4.78, 5) is 31.4. The standard InChI is InChI=1S/C13H19N5O3/c1-9(2)18(5-3-4-14)13(21)17-11(12(19)20)6-10-7-15-8-16-10/h7-9,11H,3,5-6H2,1-2H3,(H,15,16)(H,17,21)(H,19,20)/t11-/m1/s1. The number of imidazole rings is 1. The summed E-state index contributed by atoms with van der Waals surface area (Å²) in [5.41, 5.74) is 0.621. The molecule has 2 amide bonds. The van der Waals surface area contributed by atoms with Gasteiger partial charge in [0, 0.05) is 30.9 Å². The molecular weight excluding hydrogens is 274 g/mol. The van der Waals surface area contributed by atoms with Gasteiger partial charge in [-0.1, -0.05) is 0 Å². The van der Waals surface area contributed by atoms with Crippen molar-refractivity contribution in [3.8, 4) is 6.07 Å². The highest BCUT2D eigenvalue weighted by Crippen LogP contribution is 2.04. The fraction of sp³-hybridized carbons (Fsp3) is 0.538. The van der Waals surface area contributed by atoms with Gasteiger partial charge in [0.2, 0.25) is 0 Å². The van der Waals surface area contributed by atoms with Crippen LogP contribution in [0.5, 0.6) is 0 Å². The van der Waals surface area contributed by atoms with Crippen molar-refractivity contribution >= 4 is 12.0 Å². The van der Waals surface area contributed by atoms with Gasteiger partial charge in [0.15, 0.2) is 0 Å². The van der Waals surface area contributed by atoms with Gasteiger partial charge >= 0.3 is 12.0 Å². The fourth-order valence-corrected chi connectivity index (χ4v) is 1.81. The number of aromatic amines is 1. The third-order valence-corrected chi connectivity index (χ3v) is 2.92. The number of urea groups is 1. The van der Waals surface area contributed by atoms with Gasteiger partial charge in [-0.25, -0.2) is 14.6 Å². The van der Waals surface area contributed by atoms with Crippen LogP contribution in [-0.4, -0.2) is 50.6 Å². The number of hydrogen-bond acceptors (Lipinski definition) is 4. The predicted molar refractivity (Wildman–Crippen MR) is 74.3 cm³/mol. The van der Waals surface area contributed by atoms with E-state index in [4.69, 9.17) is 5.26 Å². The average molecular weight is 293 g/mol. The van der Waals surface area contributed by atoms with Crippen LogP contribution >= 0.6 is 0 Å². The van der Waals surface area contributed by atoms with Crippen LogP contribution in [0.25, 0.3) is 0 Å². The summed E-state index contributed by atoms with van der Waals surface area (Å²) >= 11 is 0. The number of carboxylic acid groups (broad SMARTS) is 1. The SMILES string of the molecule is CC(C)N(CCC#N)C(=O)N[C@H](Cc1cnc[nH]1)C(=O)O. The van der Waals surface area contributed by atoms with E-state index in [2.05, 4.69) is 15.3 Å². The number of nitriles is 1. The molecule has 0 unspecified atom stereocenters. The lowest BCUT2D eigenvalue weighted by Gasteiger charge is -2.27. The lowest BCUT2D eigenvalue weighted by Crippen LogP contribution is -2.51. The normalized spacial score (nSPS) is 11.7. The molecule has 0 aromatic carbocycles. The van der Waals surface area contributed by atoms with Crippen molar-refractivity contribution < 1.29 is 14.7 Å². The van der Waals surface area contributed by atoms with Gasteiger partial charge in [0.05, 0.1) is 18.8 Å². The van der Waals surface area contributed by atoms with Gasteiger partial charge in [-0.2, -0.15) is 5.26 Å². The number of nitrogens with one attached hydrogen (secondary N) is 2. The molecule has 0 fully saturated rings. The molecule has 1 heterocycles. The van der Waals surface area contributed by atoms with E-state index < -0.39 is 18.0 Å². The van der Waals surface area contributed by atoms with E-state index in [1.807, 2.05) is 19.9 Å². The number of hydrogen-bond donors (Lipinski definition) is 3. The van der Waals surface area contributed by atoms with Gasteiger partial charge in [0.25, 0.3) is 0 Å². The molecule has 0 aliphatic heterocycles. The van der Waals surface area contributed by atoms with E-state index in [1.165, 1.54) is 17.4 Å². The number of carbonyl (C=O) groups excluding carboxylic acids is 1. The summed E-state index contributed by atoms with van der Waals surface area (Å²) in [5.74, 6) is -1.12. The first-order chi connectivity index (χ1) is 9.95. The largest absolute Gasteiger partial charge is 0.480 e. The van der Waals surface area contributed by atoms with E-state index >= 15 is 0 Å². The molecule has 1 atom stereocenters. The third-order valence-electron chi connectivity index (χ3n) is 2.92. The monoisotopic (exact) mass is 293 g/mol. The number of amides is 2. The highest BCUT2D eigenvalue weighted by molar-refractivity contribution is 5.82. The van der Waals surface area contributed by atoms with Crippen LogP contribution in [0.2, 0.25) is 0 Å². The second kappa shape index (κ2) is 7.89. The minimum Gasteiger partial charge on any atom is -0.480 e. The Hall–Kier alpha value is -2.56. The molecule has 1 aromatic rings. The number of H-pyrrole nitrogens is 1. The van der Waals surface area contributed by atoms with Crippen molar-refractivity contribution in [3.63, 3.8) is 0 Å². The van der Waals surface area contributed by atoms with Gasteiger partial charge < -0.3 is 20.3 Å². The van der Waals surface area contributed by atoms with Crippen LogP contribution in [-0.2, 0) is 11.2 Å². The maximum atomic E-state index is 12.2. The van der Waals surface area contributed by atoms with Crippen LogP contribution < -0.4 is 5.32 Å². The Morgan fingerprint density at radius 2 is 2.29 bits per heavy atom. The summed E-state index contributed by atoms with van der Waals surface area (Å²) in [6.07, 6.45) is 3.27. The van der Waals surface area contributed by atoms with Crippen LogP contribution in [0.1, 0.15) is 26.0 Å².